The lowest BCUT2D eigenvalue weighted by Crippen LogP contribution is -2.34. The van der Waals surface area contributed by atoms with Gasteiger partial charge in [0.15, 0.2) is 0 Å². The molecule has 3 rings (SSSR count). The highest BCUT2D eigenvalue weighted by Gasteiger charge is 2.25. The Kier molecular flexibility index (Phi) is 4.24. The Morgan fingerprint density at radius 3 is 2.77 bits per heavy atom. The molecule has 1 aliphatic carbocycles. The molecular weight excluding hydrogens is 280 g/mol. The van der Waals surface area contributed by atoms with E-state index < -0.39 is 6.10 Å². The van der Waals surface area contributed by atoms with E-state index in [4.69, 9.17) is 4.74 Å². The number of aliphatic hydroxyl groups excluding tert-OH is 1. The summed E-state index contributed by atoms with van der Waals surface area (Å²) in [6, 6.07) is 8.82. The summed E-state index contributed by atoms with van der Waals surface area (Å²) in [5.41, 5.74) is 1.24. The van der Waals surface area contributed by atoms with Gasteiger partial charge in [-0.25, -0.2) is 4.98 Å². The Morgan fingerprint density at radius 2 is 2.05 bits per heavy atom. The van der Waals surface area contributed by atoms with Crippen molar-refractivity contribution in [1.29, 1.82) is 0 Å². The molecule has 1 aromatic heterocycles. The van der Waals surface area contributed by atoms with Crippen molar-refractivity contribution in [3.05, 3.63) is 47.0 Å². The van der Waals surface area contributed by atoms with E-state index in [0.29, 0.717) is 11.4 Å². The third kappa shape index (κ3) is 2.76. The van der Waals surface area contributed by atoms with E-state index in [1.54, 1.807) is 18.0 Å². The van der Waals surface area contributed by atoms with Crippen LogP contribution in [0.25, 0.3) is 11.3 Å². The molecule has 0 amide bonds. The second-order valence-corrected chi connectivity index (χ2v) is 5.64. The van der Waals surface area contributed by atoms with Crippen LogP contribution in [0.15, 0.2) is 41.5 Å². The van der Waals surface area contributed by atoms with Gasteiger partial charge >= 0.3 is 0 Å². The number of benzene rings is 1. The highest BCUT2D eigenvalue weighted by atomic mass is 16.5. The summed E-state index contributed by atoms with van der Waals surface area (Å²) in [6.45, 7) is 0. The molecule has 2 unspecified atom stereocenters. The first-order valence-corrected chi connectivity index (χ1v) is 7.60. The fraction of sp³-hybridized carbons (Fsp3) is 0.412. The van der Waals surface area contributed by atoms with Gasteiger partial charge in [0, 0.05) is 11.6 Å². The Labute approximate surface area is 129 Å². The first-order chi connectivity index (χ1) is 10.7. The van der Waals surface area contributed by atoms with Crippen LogP contribution in [0.5, 0.6) is 5.75 Å². The summed E-state index contributed by atoms with van der Waals surface area (Å²) in [4.78, 5) is 16.8. The minimum absolute atomic E-state index is 0.137. The molecule has 1 saturated carbocycles. The monoisotopic (exact) mass is 300 g/mol. The first kappa shape index (κ1) is 14.8. The number of aromatic nitrogens is 2. The summed E-state index contributed by atoms with van der Waals surface area (Å²) >= 11 is 0. The maximum atomic E-state index is 12.4. The van der Waals surface area contributed by atoms with Crippen LogP contribution in [0.2, 0.25) is 0 Å². The highest BCUT2D eigenvalue weighted by Crippen LogP contribution is 2.29. The minimum Gasteiger partial charge on any atom is -0.496 e. The summed E-state index contributed by atoms with van der Waals surface area (Å²) in [7, 11) is 1.60. The molecule has 1 aliphatic rings. The van der Waals surface area contributed by atoms with Crippen molar-refractivity contribution in [3.63, 3.8) is 0 Å². The number of ether oxygens (including phenoxy) is 1. The van der Waals surface area contributed by atoms with Gasteiger partial charge in [-0.15, -0.1) is 0 Å². The smallest absolute Gasteiger partial charge is 0.254 e. The average molecular weight is 300 g/mol. The Morgan fingerprint density at radius 1 is 1.27 bits per heavy atom. The van der Waals surface area contributed by atoms with Gasteiger partial charge in [-0.05, 0) is 25.0 Å². The zero-order chi connectivity index (χ0) is 15.5. The Hall–Kier alpha value is -2.14. The first-order valence-electron chi connectivity index (χ1n) is 7.60. The van der Waals surface area contributed by atoms with Crippen LogP contribution < -0.4 is 10.3 Å². The van der Waals surface area contributed by atoms with E-state index in [1.807, 2.05) is 24.3 Å². The lowest BCUT2D eigenvalue weighted by molar-refractivity contribution is 0.0732. The number of methoxy groups -OCH3 is 1. The molecular formula is C17H20N2O3. The molecule has 2 atom stereocenters. The van der Waals surface area contributed by atoms with Gasteiger partial charge in [0.05, 0.1) is 31.3 Å². The molecule has 1 heterocycles. The van der Waals surface area contributed by atoms with Crippen LogP contribution in [0, 0.1) is 0 Å². The van der Waals surface area contributed by atoms with Crippen molar-refractivity contribution in [2.24, 2.45) is 0 Å². The third-order valence-electron chi connectivity index (χ3n) is 4.27. The predicted molar refractivity (Wildman–Crippen MR) is 84.0 cm³/mol. The maximum Gasteiger partial charge on any atom is 0.254 e. The molecule has 22 heavy (non-hydrogen) atoms. The van der Waals surface area contributed by atoms with E-state index in [-0.39, 0.29) is 11.6 Å². The number of para-hydroxylation sites is 1. The fourth-order valence-corrected chi connectivity index (χ4v) is 3.08. The van der Waals surface area contributed by atoms with Crippen molar-refractivity contribution in [2.45, 2.75) is 37.8 Å². The molecule has 5 heteroatoms. The van der Waals surface area contributed by atoms with E-state index in [0.717, 1.165) is 31.2 Å². The standard InChI is InChI=1S/C17H20N2O3/c1-22-16-9-5-2-6-12(16)13-10-17(21)19(11-18-13)14-7-3-4-8-15(14)20/h2,5-6,9-11,14-15,20H,3-4,7-8H2,1H3. The van der Waals surface area contributed by atoms with E-state index >= 15 is 0 Å². The van der Waals surface area contributed by atoms with Crippen LogP contribution in [0.4, 0.5) is 0 Å². The van der Waals surface area contributed by atoms with Crippen LogP contribution in [-0.4, -0.2) is 27.9 Å². The van der Waals surface area contributed by atoms with E-state index in [9.17, 15) is 9.90 Å². The molecule has 0 radical (unpaired) electrons. The van der Waals surface area contributed by atoms with Crippen molar-refractivity contribution < 1.29 is 9.84 Å². The normalized spacial score (nSPS) is 21.5. The lowest BCUT2D eigenvalue weighted by atomic mass is 9.92. The number of hydrogen-bond donors (Lipinski definition) is 1. The molecule has 0 bridgehead atoms. The fourth-order valence-electron chi connectivity index (χ4n) is 3.08. The number of aliphatic hydroxyl groups is 1. The largest absolute Gasteiger partial charge is 0.496 e. The van der Waals surface area contributed by atoms with Crippen molar-refractivity contribution in [2.75, 3.05) is 7.11 Å². The minimum atomic E-state index is -0.467. The molecule has 0 aliphatic heterocycles. The Balaban J connectivity index is 1.97. The van der Waals surface area contributed by atoms with Gasteiger partial charge in [-0.2, -0.15) is 0 Å². The second kappa shape index (κ2) is 6.32. The SMILES string of the molecule is COc1ccccc1-c1cc(=O)n(C2CCCCC2O)cn1. The van der Waals surface area contributed by atoms with Crippen molar-refractivity contribution in [1.82, 2.24) is 9.55 Å². The van der Waals surface area contributed by atoms with Crippen molar-refractivity contribution >= 4 is 0 Å². The van der Waals surface area contributed by atoms with Gasteiger partial charge in [0.25, 0.3) is 5.56 Å². The molecule has 5 nitrogen and oxygen atoms in total. The van der Waals surface area contributed by atoms with E-state index in [2.05, 4.69) is 4.98 Å². The number of hydrogen-bond acceptors (Lipinski definition) is 4. The van der Waals surface area contributed by atoms with Gasteiger partial charge in [0.1, 0.15) is 5.75 Å². The molecule has 0 saturated heterocycles. The van der Waals surface area contributed by atoms with Gasteiger partial charge in [0.2, 0.25) is 0 Å². The number of nitrogens with zero attached hydrogens (tertiary/aromatic N) is 2. The van der Waals surface area contributed by atoms with E-state index in [1.165, 1.54) is 6.07 Å². The quantitative estimate of drug-likeness (QED) is 0.945. The topological polar surface area (TPSA) is 64.3 Å². The molecule has 0 spiro atoms. The molecule has 1 N–H and O–H groups in total. The van der Waals surface area contributed by atoms with Crippen LogP contribution in [0.3, 0.4) is 0 Å². The van der Waals surface area contributed by atoms with Crippen LogP contribution >= 0.6 is 0 Å². The van der Waals surface area contributed by atoms with Gasteiger partial charge in [-0.1, -0.05) is 25.0 Å². The van der Waals surface area contributed by atoms with Gasteiger partial charge < -0.3 is 9.84 Å². The zero-order valence-corrected chi connectivity index (χ0v) is 12.6. The second-order valence-electron chi connectivity index (χ2n) is 5.64. The summed E-state index contributed by atoms with van der Waals surface area (Å²) in [6.07, 6.45) is 4.68. The predicted octanol–water partition coefficient (Wildman–Crippen LogP) is 2.39. The van der Waals surface area contributed by atoms with Crippen LogP contribution in [0.1, 0.15) is 31.7 Å². The lowest BCUT2D eigenvalue weighted by Gasteiger charge is -2.28. The summed E-state index contributed by atoms with van der Waals surface area (Å²) in [5, 5.41) is 10.1. The molecule has 1 fully saturated rings. The summed E-state index contributed by atoms with van der Waals surface area (Å²) in [5.74, 6) is 0.685. The maximum absolute atomic E-state index is 12.4. The van der Waals surface area contributed by atoms with Crippen LogP contribution in [-0.2, 0) is 0 Å². The van der Waals surface area contributed by atoms with Crippen molar-refractivity contribution in [3.8, 4) is 17.0 Å². The molecule has 2 aromatic rings. The summed E-state index contributed by atoms with van der Waals surface area (Å²) < 4.78 is 6.87. The molecule has 1 aromatic carbocycles. The highest BCUT2D eigenvalue weighted by molar-refractivity contribution is 5.66. The Bertz CT molecular complexity index is 711. The van der Waals surface area contributed by atoms with Gasteiger partial charge in [-0.3, -0.25) is 9.36 Å². The number of rotatable bonds is 3. The third-order valence-corrected chi connectivity index (χ3v) is 4.27. The average Bonchev–Trinajstić information content (AvgIpc) is 2.55. The zero-order valence-electron chi connectivity index (χ0n) is 12.6. The molecule has 116 valence electrons.